The number of carbonyl (C=O) groups excluding carboxylic acids is 1. The number of amides is 1. The lowest BCUT2D eigenvalue weighted by molar-refractivity contribution is -0.122. The summed E-state index contributed by atoms with van der Waals surface area (Å²) in [5.41, 5.74) is 1.70. The van der Waals surface area contributed by atoms with E-state index in [1.54, 1.807) is 7.05 Å². The summed E-state index contributed by atoms with van der Waals surface area (Å²) in [6.45, 7) is 3.85. The number of hydrogen-bond acceptors (Lipinski definition) is 4. The van der Waals surface area contributed by atoms with E-state index < -0.39 is 11.2 Å². The van der Waals surface area contributed by atoms with Gasteiger partial charge in [-0.2, -0.15) is 0 Å². The molecule has 0 saturated heterocycles. The van der Waals surface area contributed by atoms with Crippen LogP contribution in [0.3, 0.4) is 0 Å². The summed E-state index contributed by atoms with van der Waals surface area (Å²) in [5.74, 6) is -0.240. The van der Waals surface area contributed by atoms with Gasteiger partial charge in [-0.15, -0.1) is 0 Å². The molecule has 0 radical (unpaired) electrons. The van der Waals surface area contributed by atoms with E-state index in [-0.39, 0.29) is 29.7 Å². The van der Waals surface area contributed by atoms with Crippen molar-refractivity contribution in [3.8, 4) is 0 Å². The van der Waals surface area contributed by atoms with Crippen LogP contribution in [0.5, 0.6) is 0 Å². The van der Waals surface area contributed by atoms with Gasteiger partial charge < -0.3 is 9.88 Å². The number of imidazole rings is 1. The smallest absolute Gasteiger partial charge is 0.332 e. The number of benzene rings is 1. The molecule has 8 heteroatoms. The molecule has 1 aromatic carbocycles. The monoisotopic (exact) mass is 355 g/mol. The van der Waals surface area contributed by atoms with Crippen LogP contribution in [0, 0.1) is 6.92 Å². The Bertz CT molecular complexity index is 1110. The van der Waals surface area contributed by atoms with Crippen molar-refractivity contribution < 1.29 is 4.79 Å². The molecule has 0 bridgehead atoms. The van der Waals surface area contributed by atoms with E-state index in [0.717, 1.165) is 15.7 Å². The first-order valence-corrected chi connectivity index (χ1v) is 8.27. The van der Waals surface area contributed by atoms with Crippen molar-refractivity contribution in [2.45, 2.75) is 26.4 Å². The highest BCUT2D eigenvalue weighted by Gasteiger charge is 2.17. The Morgan fingerprint density at radius 2 is 1.88 bits per heavy atom. The molecule has 0 aliphatic rings. The third kappa shape index (κ3) is 2.94. The molecule has 0 spiro atoms. The predicted octanol–water partition coefficient (Wildman–Crippen LogP) is 0.620. The van der Waals surface area contributed by atoms with E-state index in [1.165, 1.54) is 22.5 Å². The molecule has 1 amide bonds. The Balaban J connectivity index is 1.88. The summed E-state index contributed by atoms with van der Waals surface area (Å²) in [6, 6.07) is 7.68. The van der Waals surface area contributed by atoms with Gasteiger partial charge in [-0.3, -0.25) is 18.7 Å². The predicted molar refractivity (Wildman–Crippen MR) is 98.0 cm³/mol. The van der Waals surface area contributed by atoms with Crippen molar-refractivity contribution in [2.24, 2.45) is 14.1 Å². The van der Waals surface area contributed by atoms with Crippen LogP contribution in [0.2, 0.25) is 0 Å². The molecule has 3 rings (SSSR count). The van der Waals surface area contributed by atoms with Crippen molar-refractivity contribution >= 4 is 17.1 Å². The normalized spacial score (nSPS) is 12.3. The molecule has 2 heterocycles. The van der Waals surface area contributed by atoms with Gasteiger partial charge in [0.15, 0.2) is 11.2 Å². The van der Waals surface area contributed by atoms with Crippen LogP contribution >= 0.6 is 0 Å². The average molecular weight is 355 g/mol. The van der Waals surface area contributed by atoms with Gasteiger partial charge in [0.2, 0.25) is 5.91 Å². The van der Waals surface area contributed by atoms with Gasteiger partial charge >= 0.3 is 5.69 Å². The van der Waals surface area contributed by atoms with Crippen LogP contribution in [0.25, 0.3) is 11.2 Å². The Morgan fingerprint density at radius 3 is 2.58 bits per heavy atom. The van der Waals surface area contributed by atoms with E-state index in [4.69, 9.17) is 0 Å². The molecule has 0 saturated carbocycles. The van der Waals surface area contributed by atoms with Crippen LogP contribution in [0.1, 0.15) is 24.1 Å². The Morgan fingerprint density at radius 1 is 1.19 bits per heavy atom. The van der Waals surface area contributed by atoms with Crippen molar-refractivity contribution in [3.05, 3.63) is 62.6 Å². The number of carbonyl (C=O) groups is 1. The third-order valence-corrected chi connectivity index (χ3v) is 4.56. The van der Waals surface area contributed by atoms with E-state index in [0.29, 0.717) is 0 Å². The molecule has 26 heavy (non-hydrogen) atoms. The fourth-order valence-electron chi connectivity index (χ4n) is 3.11. The number of fused-ring (bicyclic) bond motifs is 1. The second kappa shape index (κ2) is 6.62. The van der Waals surface area contributed by atoms with Crippen LogP contribution in [-0.4, -0.2) is 24.6 Å². The van der Waals surface area contributed by atoms with Gasteiger partial charge in [-0.05, 0) is 25.0 Å². The number of hydrogen-bond donors (Lipinski definition) is 1. The minimum Gasteiger partial charge on any atom is -0.348 e. The Labute approximate surface area is 149 Å². The van der Waals surface area contributed by atoms with E-state index >= 15 is 0 Å². The first-order chi connectivity index (χ1) is 12.3. The number of aryl methyl sites for hydroxylation is 2. The van der Waals surface area contributed by atoms with E-state index in [2.05, 4.69) is 10.3 Å². The summed E-state index contributed by atoms with van der Waals surface area (Å²) < 4.78 is 3.77. The maximum Gasteiger partial charge on any atom is 0.332 e. The van der Waals surface area contributed by atoms with Crippen LogP contribution in [-0.2, 0) is 25.4 Å². The zero-order valence-electron chi connectivity index (χ0n) is 15.2. The van der Waals surface area contributed by atoms with Gasteiger partial charge in [0.25, 0.3) is 5.56 Å². The first-order valence-electron chi connectivity index (χ1n) is 8.27. The van der Waals surface area contributed by atoms with E-state index in [1.807, 2.05) is 38.1 Å². The molecule has 8 nitrogen and oxygen atoms in total. The lowest BCUT2D eigenvalue weighted by Gasteiger charge is -2.17. The fourth-order valence-corrected chi connectivity index (χ4v) is 3.11. The molecule has 0 fully saturated rings. The largest absolute Gasteiger partial charge is 0.348 e. The lowest BCUT2D eigenvalue weighted by atomic mass is 10.0. The highest BCUT2D eigenvalue weighted by molar-refractivity contribution is 5.79. The second-order valence-electron chi connectivity index (χ2n) is 6.40. The first kappa shape index (κ1) is 17.7. The minimum atomic E-state index is -0.472. The topological polar surface area (TPSA) is 90.9 Å². The zero-order chi connectivity index (χ0) is 19.0. The van der Waals surface area contributed by atoms with Crippen LogP contribution in [0.15, 0.2) is 40.2 Å². The van der Waals surface area contributed by atoms with Crippen molar-refractivity contribution in [1.82, 2.24) is 24.0 Å². The summed E-state index contributed by atoms with van der Waals surface area (Å²) in [4.78, 5) is 41.0. The van der Waals surface area contributed by atoms with Crippen LogP contribution < -0.4 is 16.6 Å². The average Bonchev–Trinajstić information content (AvgIpc) is 3.01. The summed E-state index contributed by atoms with van der Waals surface area (Å²) in [5, 5.41) is 2.94. The van der Waals surface area contributed by atoms with Crippen molar-refractivity contribution in [1.29, 1.82) is 0 Å². The molecular formula is C18H21N5O3. The summed E-state index contributed by atoms with van der Waals surface area (Å²) in [6.07, 6.45) is 1.41. The van der Waals surface area contributed by atoms with Crippen molar-refractivity contribution in [2.75, 3.05) is 0 Å². The molecule has 0 unspecified atom stereocenters. The van der Waals surface area contributed by atoms with Gasteiger partial charge in [-0.25, -0.2) is 9.78 Å². The lowest BCUT2D eigenvalue weighted by Crippen LogP contribution is -2.38. The number of rotatable bonds is 4. The molecular weight excluding hydrogens is 334 g/mol. The SMILES string of the molecule is Cc1ccccc1[C@@H](C)NC(=O)Cn1cnc2c1c(=O)n(C)c(=O)n2C. The fraction of sp³-hybridized carbons (Fsp3) is 0.333. The molecule has 0 aliphatic carbocycles. The molecule has 1 atom stereocenters. The van der Waals surface area contributed by atoms with Gasteiger partial charge in [0, 0.05) is 14.1 Å². The number of aromatic nitrogens is 4. The standard InChI is InChI=1S/C18H21N5O3/c1-11-7-5-6-8-13(11)12(2)20-14(24)9-23-10-19-16-15(23)17(25)22(4)18(26)21(16)3/h5-8,10,12H,9H2,1-4H3,(H,20,24)/t12-/m1/s1. The third-order valence-electron chi connectivity index (χ3n) is 4.56. The molecule has 3 aromatic rings. The maximum absolute atomic E-state index is 12.5. The van der Waals surface area contributed by atoms with Gasteiger partial charge in [-0.1, -0.05) is 24.3 Å². The van der Waals surface area contributed by atoms with E-state index in [9.17, 15) is 14.4 Å². The zero-order valence-corrected chi connectivity index (χ0v) is 15.2. The summed E-state index contributed by atoms with van der Waals surface area (Å²) in [7, 11) is 2.95. The Hall–Kier alpha value is -3.16. The van der Waals surface area contributed by atoms with Gasteiger partial charge in [0.1, 0.15) is 6.54 Å². The molecule has 136 valence electrons. The quantitative estimate of drug-likeness (QED) is 0.743. The number of nitrogens with zero attached hydrogens (tertiary/aromatic N) is 4. The molecule has 1 N–H and O–H groups in total. The highest BCUT2D eigenvalue weighted by atomic mass is 16.2. The second-order valence-corrected chi connectivity index (χ2v) is 6.40. The Kier molecular flexibility index (Phi) is 4.50. The molecule has 2 aromatic heterocycles. The summed E-state index contributed by atoms with van der Waals surface area (Å²) >= 11 is 0. The van der Waals surface area contributed by atoms with Crippen molar-refractivity contribution in [3.63, 3.8) is 0 Å². The maximum atomic E-state index is 12.5. The van der Waals surface area contributed by atoms with Crippen LogP contribution in [0.4, 0.5) is 0 Å². The van der Waals surface area contributed by atoms with Gasteiger partial charge in [0.05, 0.1) is 12.4 Å². The molecule has 0 aliphatic heterocycles. The highest BCUT2D eigenvalue weighted by Crippen LogP contribution is 2.16. The minimum absolute atomic E-state index is 0.0554. The number of nitrogens with one attached hydrogen (secondary N) is 1.